The van der Waals surface area contributed by atoms with Crippen LogP contribution in [0.15, 0.2) is 36.5 Å². The van der Waals surface area contributed by atoms with Crippen molar-refractivity contribution in [3.05, 3.63) is 42.1 Å². The fourth-order valence-electron chi connectivity index (χ4n) is 3.11. The maximum Gasteiger partial charge on any atom is 0.226 e. The highest BCUT2D eigenvalue weighted by Gasteiger charge is 2.21. The van der Waals surface area contributed by atoms with Crippen molar-refractivity contribution in [2.45, 2.75) is 34.1 Å². The Bertz CT molecular complexity index is 1020. The van der Waals surface area contributed by atoms with Gasteiger partial charge in [0.05, 0.1) is 14.2 Å². The zero-order valence-electron chi connectivity index (χ0n) is 17.3. The molecular weight excluding hydrogens is 354 g/mol. The number of nitrogens with zero attached hydrogens (tertiary/aromatic N) is 2. The van der Waals surface area contributed by atoms with Gasteiger partial charge in [0.2, 0.25) is 5.91 Å². The molecule has 0 fully saturated rings. The summed E-state index contributed by atoms with van der Waals surface area (Å²) in [5.74, 6) is 1.86. The largest absolute Gasteiger partial charge is 0.493 e. The van der Waals surface area contributed by atoms with Crippen LogP contribution in [0.25, 0.3) is 16.9 Å². The Labute approximate surface area is 165 Å². The molecule has 148 valence electrons. The van der Waals surface area contributed by atoms with E-state index in [1.807, 2.05) is 68.6 Å². The molecule has 0 saturated heterocycles. The van der Waals surface area contributed by atoms with E-state index in [0.29, 0.717) is 29.4 Å². The molecule has 6 heteroatoms. The number of carbonyl (C=O) groups excluding carboxylic acids is 1. The van der Waals surface area contributed by atoms with E-state index in [9.17, 15) is 4.79 Å². The number of carbonyl (C=O) groups is 1. The average molecular weight is 381 g/mol. The number of benzene rings is 1. The van der Waals surface area contributed by atoms with Gasteiger partial charge in [0, 0.05) is 18.2 Å². The predicted molar refractivity (Wildman–Crippen MR) is 111 cm³/mol. The highest BCUT2D eigenvalue weighted by Crippen LogP contribution is 2.36. The van der Waals surface area contributed by atoms with E-state index in [0.717, 1.165) is 16.8 Å². The Morgan fingerprint density at radius 2 is 1.82 bits per heavy atom. The van der Waals surface area contributed by atoms with Crippen molar-refractivity contribution in [3.8, 4) is 22.8 Å². The first-order valence-electron chi connectivity index (χ1n) is 9.23. The molecule has 3 rings (SSSR count). The fourth-order valence-corrected chi connectivity index (χ4v) is 3.11. The number of pyridine rings is 1. The highest BCUT2D eigenvalue weighted by atomic mass is 16.5. The number of fused-ring (bicyclic) bond motifs is 1. The summed E-state index contributed by atoms with van der Waals surface area (Å²) >= 11 is 0. The Morgan fingerprint density at radius 3 is 2.46 bits per heavy atom. The normalized spacial score (nSPS) is 11.5. The molecule has 3 aromatic rings. The zero-order chi connectivity index (χ0) is 20.5. The molecule has 0 atom stereocenters. The fraction of sp³-hybridized carbons (Fsp3) is 0.364. The summed E-state index contributed by atoms with van der Waals surface area (Å²) in [7, 11) is 3.20. The van der Waals surface area contributed by atoms with E-state index in [4.69, 9.17) is 14.5 Å². The lowest BCUT2D eigenvalue weighted by Crippen LogP contribution is -2.20. The van der Waals surface area contributed by atoms with Gasteiger partial charge in [0.1, 0.15) is 17.2 Å². The number of rotatable bonds is 5. The molecule has 0 unspecified atom stereocenters. The monoisotopic (exact) mass is 381 g/mol. The van der Waals surface area contributed by atoms with Crippen molar-refractivity contribution in [1.82, 2.24) is 9.38 Å². The SMILES string of the molecule is COc1ccc(-c2nc3ccc(C)cn3c2NC(=O)CC(C)(C)C)cc1OC. The van der Waals surface area contributed by atoms with Gasteiger partial charge in [-0.2, -0.15) is 0 Å². The second-order valence-corrected chi connectivity index (χ2v) is 8.10. The summed E-state index contributed by atoms with van der Waals surface area (Å²) in [5, 5.41) is 3.07. The van der Waals surface area contributed by atoms with Crippen molar-refractivity contribution in [2.24, 2.45) is 5.41 Å². The van der Waals surface area contributed by atoms with Crippen LogP contribution >= 0.6 is 0 Å². The number of nitrogens with one attached hydrogen (secondary N) is 1. The van der Waals surface area contributed by atoms with E-state index in [2.05, 4.69) is 5.32 Å². The Kier molecular flexibility index (Phi) is 5.31. The van der Waals surface area contributed by atoms with Crippen molar-refractivity contribution >= 4 is 17.4 Å². The minimum atomic E-state index is -0.107. The predicted octanol–water partition coefficient (Wildman–Crippen LogP) is 4.70. The number of anilines is 1. The number of ether oxygens (including phenoxy) is 2. The van der Waals surface area contributed by atoms with Gasteiger partial charge in [-0.3, -0.25) is 9.20 Å². The quantitative estimate of drug-likeness (QED) is 0.696. The number of hydrogen-bond acceptors (Lipinski definition) is 4. The van der Waals surface area contributed by atoms with Crippen LogP contribution in [0.5, 0.6) is 11.5 Å². The average Bonchev–Trinajstić information content (AvgIpc) is 2.97. The van der Waals surface area contributed by atoms with Crippen LogP contribution in [0.3, 0.4) is 0 Å². The number of aromatic nitrogens is 2. The maximum atomic E-state index is 12.7. The molecule has 2 heterocycles. The van der Waals surface area contributed by atoms with Gasteiger partial charge < -0.3 is 14.8 Å². The third kappa shape index (κ3) is 4.11. The molecule has 6 nitrogen and oxygen atoms in total. The molecule has 0 bridgehead atoms. The standard InChI is InChI=1S/C22H27N3O3/c1-14-7-10-18-23-20(15-8-9-16(27-5)17(11-15)28-6)21(25(18)13-14)24-19(26)12-22(2,3)4/h7-11,13H,12H2,1-6H3,(H,24,26). The summed E-state index contributed by atoms with van der Waals surface area (Å²) in [6.07, 6.45) is 2.39. The Balaban J connectivity index is 2.13. The van der Waals surface area contributed by atoms with E-state index in [1.165, 1.54) is 0 Å². The summed E-state index contributed by atoms with van der Waals surface area (Å²) in [6.45, 7) is 8.14. The van der Waals surface area contributed by atoms with Crippen molar-refractivity contribution in [3.63, 3.8) is 0 Å². The number of aryl methyl sites for hydroxylation is 1. The second-order valence-electron chi connectivity index (χ2n) is 8.10. The first kappa shape index (κ1) is 19.7. The molecule has 0 radical (unpaired) electrons. The van der Waals surface area contributed by atoms with Gasteiger partial charge in [0.15, 0.2) is 11.5 Å². The smallest absolute Gasteiger partial charge is 0.226 e. The number of amides is 1. The third-order valence-corrected chi connectivity index (χ3v) is 4.37. The number of methoxy groups -OCH3 is 2. The van der Waals surface area contributed by atoms with Gasteiger partial charge in [-0.05, 0) is 42.2 Å². The minimum absolute atomic E-state index is 0.0440. The van der Waals surface area contributed by atoms with Gasteiger partial charge >= 0.3 is 0 Å². The van der Waals surface area contributed by atoms with Crippen LogP contribution < -0.4 is 14.8 Å². The lowest BCUT2D eigenvalue weighted by molar-refractivity contribution is -0.117. The molecule has 1 N–H and O–H groups in total. The van der Waals surface area contributed by atoms with E-state index in [1.54, 1.807) is 14.2 Å². The minimum Gasteiger partial charge on any atom is -0.493 e. The summed E-state index contributed by atoms with van der Waals surface area (Å²) in [4.78, 5) is 17.4. The molecule has 1 aromatic carbocycles. The van der Waals surface area contributed by atoms with Gasteiger partial charge in [-0.15, -0.1) is 0 Å². The van der Waals surface area contributed by atoms with Gasteiger partial charge in [0.25, 0.3) is 0 Å². The first-order chi connectivity index (χ1) is 13.2. The summed E-state index contributed by atoms with van der Waals surface area (Å²) < 4.78 is 12.7. The lowest BCUT2D eigenvalue weighted by Gasteiger charge is -2.17. The molecule has 0 saturated carbocycles. The second kappa shape index (κ2) is 7.54. The van der Waals surface area contributed by atoms with Crippen LogP contribution in [-0.2, 0) is 4.79 Å². The lowest BCUT2D eigenvalue weighted by atomic mass is 9.92. The van der Waals surface area contributed by atoms with Crippen LogP contribution in [0.2, 0.25) is 0 Å². The molecule has 0 spiro atoms. The Hall–Kier alpha value is -3.02. The number of imidazole rings is 1. The molecule has 0 aliphatic heterocycles. The van der Waals surface area contributed by atoms with Gasteiger partial charge in [-0.1, -0.05) is 26.8 Å². The Morgan fingerprint density at radius 1 is 1.11 bits per heavy atom. The van der Waals surface area contributed by atoms with Crippen LogP contribution in [-0.4, -0.2) is 29.5 Å². The first-order valence-corrected chi connectivity index (χ1v) is 9.23. The van der Waals surface area contributed by atoms with E-state index in [-0.39, 0.29) is 11.3 Å². The topological polar surface area (TPSA) is 64.9 Å². The molecule has 1 amide bonds. The molecule has 0 aliphatic carbocycles. The third-order valence-electron chi connectivity index (χ3n) is 4.37. The van der Waals surface area contributed by atoms with E-state index < -0.39 is 0 Å². The molecular formula is C22H27N3O3. The summed E-state index contributed by atoms with van der Waals surface area (Å²) in [6, 6.07) is 9.56. The molecule has 28 heavy (non-hydrogen) atoms. The molecule has 0 aliphatic rings. The van der Waals surface area contributed by atoms with Crippen LogP contribution in [0.4, 0.5) is 5.82 Å². The zero-order valence-corrected chi connectivity index (χ0v) is 17.3. The summed E-state index contributed by atoms with van der Waals surface area (Å²) in [5.41, 5.74) is 3.26. The highest BCUT2D eigenvalue weighted by molar-refractivity contribution is 5.95. The number of hydrogen-bond donors (Lipinski definition) is 1. The van der Waals surface area contributed by atoms with Crippen LogP contribution in [0.1, 0.15) is 32.8 Å². The van der Waals surface area contributed by atoms with Crippen LogP contribution in [0, 0.1) is 12.3 Å². The van der Waals surface area contributed by atoms with E-state index >= 15 is 0 Å². The van der Waals surface area contributed by atoms with Crippen molar-refractivity contribution in [2.75, 3.05) is 19.5 Å². The van der Waals surface area contributed by atoms with Crippen molar-refractivity contribution < 1.29 is 14.3 Å². The van der Waals surface area contributed by atoms with Crippen molar-refractivity contribution in [1.29, 1.82) is 0 Å². The van der Waals surface area contributed by atoms with Gasteiger partial charge in [-0.25, -0.2) is 4.98 Å². The maximum absolute atomic E-state index is 12.7. The molecule has 2 aromatic heterocycles.